The van der Waals surface area contributed by atoms with Gasteiger partial charge >= 0.3 is 5.76 Å². The molecule has 1 aromatic heterocycles. The molecule has 2 aromatic rings. The summed E-state index contributed by atoms with van der Waals surface area (Å²) in [5.41, 5.74) is 0.806. The third-order valence-electron chi connectivity index (χ3n) is 5.47. The fourth-order valence-electron chi connectivity index (χ4n) is 3.48. The number of piperidine rings is 1. The van der Waals surface area contributed by atoms with E-state index in [2.05, 4.69) is 5.32 Å². The summed E-state index contributed by atoms with van der Waals surface area (Å²) in [6, 6.07) is 4.63. The molecule has 1 atom stereocenters. The molecule has 3 rings (SSSR count). The standard InChI is InChI=1S/C19H27N3O5S/c1-4-13(2)20-18(23)11-14-7-9-22(10-8-14)28(25,26)15-5-6-16-17(12-15)27-19(24)21(16)3/h5-6,12-14H,4,7-11H2,1-3H3,(H,20,23)/t13-/m1/s1. The largest absolute Gasteiger partial charge is 0.419 e. The molecule has 0 bridgehead atoms. The Kier molecular flexibility index (Phi) is 5.95. The number of aromatic nitrogens is 1. The number of amides is 1. The zero-order valence-corrected chi connectivity index (χ0v) is 17.3. The van der Waals surface area contributed by atoms with Gasteiger partial charge in [-0.1, -0.05) is 6.92 Å². The van der Waals surface area contributed by atoms with Crippen LogP contribution in [0.1, 0.15) is 39.5 Å². The van der Waals surface area contributed by atoms with Gasteiger partial charge in [0.15, 0.2) is 5.58 Å². The number of oxazole rings is 1. The molecule has 1 aromatic carbocycles. The molecule has 0 radical (unpaired) electrons. The minimum atomic E-state index is -3.67. The third kappa shape index (κ3) is 4.15. The maximum atomic E-state index is 13.0. The van der Waals surface area contributed by atoms with E-state index in [0.717, 1.165) is 6.42 Å². The number of benzene rings is 1. The molecular formula is C19H27N3O5S. The van der Waals surface area contributed by atoms with Crippen molar-refractivity contribution in [2.24, 2.45) is 13.0 Å². The van der Waals surface area contributed by atoms with Crippen molar-refractivity contribution >= 4 is 27.0 Å². The fraction of sp³-hybridized carbons (Fsp3) is 0.579. The van der Waals surface area contributed by atoms with E-state index in [4.69, 9.17) is 4.42 Å². The number of hydrogen-bond donors (Lipinski definition) is 1. The molecule has 0 aliphatic carbocycles. The van der Waals surface area contributed by atoms with Crippen molar-refractivity contribution in [3.63, 3.8) is 0 Å². The van der Waals surface area contributed by atoms with Gasteiger partial charge in [0.05, 0.1) is 10.4 Å². The number of carbonyl (C=O) groups excluding carboxylic acids is 1. The van der Waals surface area contributed by atoms with Crippen molar-refractivity contribution in [2.75, 3.05) is 13.1 Å². The first-order valence-electron chi connectivity index (χ1n) is 9.61. The first-order chi connectivity index (χ1) is 13.2. The lowest BCUT2D eigenvalue weighted by Crippen LogP contribution is -2.40. The van der Waals surface area contributed by atoms with Crippen LogP contribution in [0, 0.1) is 5.92 Å². The zero-order chi connectivity index (χ0) is 20.5. The molecule has 1 aliphatic rings. The normalized spacial score (nSPS) is 17.7. The fourth-order valence-corrected chi connectivity index (χ4v) is 4.96. The SMILES string of the molecule is CC[C@@H](C)NC(=O)CC1CCN(S(=O)(=O)c2ccc3c(c2)oc(=O)n3C)CC1. The van der Waals surface area contributed by atoms with E-state index in [9.17, 15) is 18.0 Å². The van der Waals surface area contributed by atoms with Gasteiger partial charge in [-0.15, -0.1) is 0 Å². The molecule has 0 spiro atoms. The topological polar surface area (TPSA) is 102 Å². The number of hydrogen-bond acceptors (Lipinski definition) is 5. The smallest absolute Gasteiger partial charge is 0.408 e. The summed E-state index contributed by atoms with van der Waals surface area (Å²) in [4.78, 5) is 23.8. The minimum Gasteiger partial charge on any atom is -0.408 e. The number of sulfonamides is 1. The molecule has 28 heavy (non-hydrogen) atoms. The molecule has 8 nitrogen and oxygen atoms in total. The maximum Gasteiger partial charge on any atom is 0.419 e. The van der Waals surface area contributed by atoms with Crippen molar-refractivity contribution < 1.29 is 17.6 Å². The van der Waals surface area contributed by atoms with Gasteiger partial charge in [0, 0.05) is 38.7 Å². The van der Waals surface area contributed by atoms with Gasteiger partial charge in [0.25, 0.3) is 0 Å². The molecule has 1 fully saturated rings. The van der Waals surface area contributed by atoms with E-state index in [1.54, 1.807) is 13.1 Å². The Hall–Kier alpha value is -2.13. The van der Waals surface area contributed by atoms with Gasteiger partial charge in [-0.05, 0) is 44.2 Å². The van der Waals surface area contributed by atoms with E-state index in [1.165, 1.54) is 21.0 Å². The van der Waals surface area contributed by atoms with Crippen LogP contribution in [0.2, 0.25) is 0 Å². The Balaban J connectivity index is 1.66. The number of rotatable bonds is 6. The Morgan fingerprint density at radius 3 is 2.64 bits per heavy atom. The lowest BCUT2D eigenvalue weighted by atomic mass is 9.94. The molecule has 1 N–H and O–H groups in total. The Bertz CT molecular complexity index is 1020. The summed E-state index contributed by atoms with van der Waals surface area (Å²) >= 11 is 0. The van der Waals surface area contributed by atoms with E-state index < -0.39 is 15.8 Å². The predicted molar refractivity (Wildman–Crippen MR) is 105 cm³/mol. The van der Waals surface area contributed by atoms with Crippen LogP contribution in [0.25, 0.3) is 11.1 Å². The summed E-state index contributed by atoms with van der Waals surface area (Å²) in [6.07, 6.45) is 2.61. The van der Waals surface area contributed by atoms with Crippen LogP contribution in [0.5, 0.6) is 0 Å². The highest BCUT2D eigenvalue weighted by atomic mass is 32.2. The van der Waals surface area contributed by atoms with E-state index in [-0.39, 0.29) is 28.3 Å². The average Bonchev–Trinajstić information content (AvgIpc) is 2.95. The van der Waals surface area contributed by atoms with E-state index in [1.807, 2.05) is 13.8 Å². The zero-order valence-electron chi connectivity index (χ0n) is 16.5. The van der Waals surface area contributed by atoms with Crippen molar-refractivity contribution in [3.05, 3.63) is 28.7 Å². The summed E-state index contributed by atoms with van der Waals surface area (Å²) in [5.74, 6) is -0.314. The van der Waals surface area contributed by atoms with Crippen LogP contribution in [-0.2, 0) is 21.9 Å². The quantitative estimate of drug-likeness (QED) is 0.784. The van der Waals surface area contributed by atoms with Gasteiger partial charge in [-0.3, -0.25) is 9.36 Å². The van der Waals surface area contributed by atoms with Crippen molar-refractivity contribution in [2.45, 2.75) is 50.5 Å². The van der Waals surface area contributed by atoms with Crippen LogP contribution >= 0.6 is 0 Å². The summed E-state index contributed by atoms with van der Waals surface area (Å²) in [6.45, 7) is 4.74. The summed E-state index contributed by atoms with van der Waals surface area (Å²) in [5, 5.41) is 2.96. The lowest BCUT2D eigenvalue weighted by Gasteiger charge is -2.31. The van der Waals surface area contributed by atoms with Crippen molar-refractivity contribution in [1.82, 2.24) is 14.2 Å². The first-order valence-corrected chi connectivity index (χ1v) is 11.1. The Labute approximate surface area is 164 Å². The minimum absolute atomic E-state index is 0.0280. The molecule has 1 aliphatic heterocycles. The van der Waals surface area contributed by atoms with Gasteiger partial charge in [-0.25, -0.2) is 13.2 Å². The highest BCUT2D eigenvalue weighted by Crippen LogP contribution is 2.27. The molecule has 1 amide bonds. The molecule has 2 heterocycles. The second-order valence-corrected chi connectivity index (χ2v) is 9.42. The van der Waals surface area contributed by atoms with Gasteiger partial charge in [-0.2, -0.15) is 4.31 Å². The monoisotopic (exact) mass is 409 g/mol. The summed E-state index contributed by atoms with van der Waals surface area (Å²) in [7, 11) is -2.10. The molecule has 0 unspecified atom stereocenters. The van der Waals surface area contributed by atoms with Crippen LogP contribution < -0.4 is 11.1 Å². The van der Waals surface area contributed by atoms with Crippen LogP contribution in [-0.4, -0.2) is 42.3 Å². The second-order valence-electron chi connectivity index (χ2n) is 7.48. The number of carbonyl (C=O) groups is 1. The van der Waals surface area contributed by atoms with Crippen molar-refractivity contribution in [1.29, 1.82) is 0 Å². The maximum absolute atomic E-state index is 13.0. The van der Waals surface area contributed by atoms with E-state index in [0.29, 0.717) is 37.9 Å². The number of nitrogens with zero attached hydrogens (tertiary/aromatic N) is 2. The Morgan fingerprint density at radius 2 is 2.00 bits per heavy atom. The van der Waals surface area contributed by atoms with E-state index >= 15 is 0 Å². The molecule has 9 heteroatoms. The van der Waals surface area contributed by atoms with Gasteiger partial charge < -0.3 is 9.73 Å². The van der Waals surface area contributed by atoms with Gasteiger partial charge in [0.1, 0.15) is 0 Å². The predicted octanol–water partition coefficient (Wildman–Crippen LogP) is 1.84. The molecule has 1 saturated heterocycles. The van der Waals surface area contributed by atoms with Crippen LogP contribution in [0.15, 0.2) is 32.3 Å². The lowest BCUT2D eigenvalue weighted by molar-refractivity contribution is -0.122. The molecule has 0 saturated carbocycles. The first kappa shape index (κ1) is 20.6. The van der Waals surface area contributed by atoms with Gasteiger partial charge in [0.2, 0.25) is 15.9 Å². The number of fused-ring (bicyclic) bond motifs is 1. The summed E-state index contributed by atoms with van der Waals surface area (Å²) < 4.78 is 33.8. The van der Waals surface area contributed by atoms with Crippen LogP contribution in [0.3, 0.4) is 0 Å². The molecule has 154 valence electrons. The average molecular weight is 410 g/mol. The number of aryl methyl sites for hydroxylation is 1. The third-order valence-corrected chi connectivity index (χ3v) is 7.36. The highest BCUT2D eigenvalue weighted by Gasteiger charge is 2.30. The Morgan fingerprint density at radius 1 is 1.32 bits per heavy atom. The second kappa shape index (κ2) is 8.08. The highest BCUT2D eigenvalue weighted by molar-refractivity contribution is 7.89. The van der Waals surface area contributed by atoms with Crippen molar-refractivity contribution in [3.8, 4) is 0 Å². The number of nitrogens with one attached hydrogen (secondary N) is 1. The van der Waals surface area contributed by atoms with Crippen LogP contribution in [0.4, 0.5) is 0 Å². The molecular weight excluding hydrogens is 382 g/mol.